The average molecular weight is 346 g/mol. The van der Waals surface area contributed by atoms with E-state index >= 15 is 0 Å². The van der Waals surface area contributed by atoms with Gasteiger partial charge in [-0.15, -0.1) is 23.1 Å². The van der Waals surface area contributed by atoms with Gasteiger partial charge in [-0.3, -0.25) is 4.79 Å². The molecule has 2 heterocycles. The van der Waals surface area contributed by atoms with Crippen molar-refractivity contribution >= 4 is 29.0 Å². The Morgan fingerprint density at radius 3 is 2.74 bits per heavy atom. The van der Waals surface area contributed by atoms with Crippen LogP contribution < -0.4 is 0 Å². The van der Waals surface area contributed by atoms with Gasteiger partial charge in [-0.2, -0.15) is 0 Å². The van der Waals surface area contributed by atoms with Gasteiger partial charge < -0.3 is 4.90 Å². The second-order valence-corrected chi connectivity index (χ2v) is 8.06. The van der Waals surface area contributed by atoms with Crippen molar-refractivity contribution in [2.24, 2.45) is 0 Å². The molecule has 3 rings (SSSR count). The van der Waals surface area contributed by atoms with Crippen molar-refractivity contribution in [3.63, 3.8) is 0 Å². The molecule has 0 aliphatic carbocycles. The van der Waals surface area contributed by atoms with E-state index in [1.165, 1.54) is 29.7 Å². The van der Waals surface area contributed by atoms with Crippen LogP contribution in [0.4, 0.5) is 0 Å². The molecule has 1 aliphatic rings. The Morgan fingerprint density at radius 1 is 1.22 bits per heavy atom. The topological polar surface area (TPSA) is 20.3 Å². The fourth-order valence-electron chi connectivity index (χ4n) is 2.90. The Balaban J connectivity index is 1.67. The molecular weight excluding hydrogens is 322 g/mol. The fraction of sp³-hybridized carbons (Fsp3) is 0.421. The van der Waals surface area contributed by atoms with Crippen molar-refractivity contribution < 1.29 is 4.79 Å². The molecule has 1 aliphatic heterocycles. The first-order chi connectivity index (χ1) is 11.3. The molecule has 0 unspecified atom stereocenters. The van der Waals surface area contributed by atoms with E-state index in [9.17, 15) is 4.79 Å². The second kappa shape index (κ2) is 8.02. The lowest BCUT2D eigenvalue weighted by Gasteiger charge is -2.23. The van der Waals surface area contributed by atoms with Crippen molar-refractivity contribution in [2.45, 2.75) is 38.0 Å². The van der Waals surface area contributed by atoms with E-state index in [1.807, 2.05) is 28.8 Å². The summed E-state index contributed by atoms with van der Waals surface area (Å²) in [5, 5.41) is 2.27. The third-order valence-electron chi connectivity index (χ3n) is 4.21. The first-order valence-corrected chi connectivity index (χ1v) is 10.3. The molecule has 1 fully saturated rings. The normalized spacial score (nSPS) is 17.6. The van der Waals surface area contributed by atoms with Crippen LogP contribution in [-0.2, 0) is 6.42 Å². The lowest BCUT2D eigenvalue weighted by atomic mass is 10.0. The lowest BCUT2D eigenvalue weighted by Crippen LogP contribution is -2.30. The molecule has 2 aromatic rings. The maximum absolute atomic E-state index is 12.8. The Hall–Kier alpha value is -1.26. The number of amides is 1. The van der Waals surface area contributed by atoms with Gasteiger partial charge in [-0.1, -0.05) is 38.0 Å². The van der Waals surface area contributed by atoms with Gasteiger partial charge in [0.15, 0.2) is 0 Å². The van der Waals surface area contributed by atoms with E-state index in [0.29, 0.717) is 0 Å². The van der Waals surface area contributed by atoms with Crippen LogP contribution in [0.2, 0.25) is 0 Å². The molecule has 0 saturated carbocycles. The number of unbranched alkanes of at least 4 members (excludes halogenated alkanes) is 2. The second-order valence-electron chi connectivity index (χ2n) is 5.89. The van der Waals surface area contributed by atoms with Gasteiger partial charge in [0.2, 0.25) is 0 Å². The quantitative estimate of drug-likeness (QED) is 0.656. The number of nitrogens with zero attached hydrogens (tertiary/aromatic N) is 1. The van der Waals surface area contributed by atoms with Crippen LogP contribution in [0.25, 0.3) is 0 Å². The number of thioether (sulfide) groups is 1. The maximum Gasteiger partial charge on any atom is 0.255 e. The van der Waals surface area contributed by atoms with Crippen LogP contribution in [0.3, 0.4) is 0 Å². The number of hydrogen-bond acceptors (Lipinski definition) is 3. The van der Waals surface area contributed by atoms with Crippen LogP contribution in [0.15, 0.2) is 41.8 Å². The van der Waals surface area contributed by atoms with Crippen LogP contribution in [0, 0.1) is 0 Å². The highest BCUT2D eigenvalue weighted by Crippen LogP contribution is 2.40. The highest BCUT2D eigenvalue weighted by atomic mass is 32.2. The van der Waals surface area contributed by atoms with Crippen molar-refractivity contribution in [3.05, 3.63) is 57.8 Å². The summed E-state index contributed by atoms with van der Waals surface area (Å²) in [4.78, 5) is 16.1. The molecule has 0 N–H and O–H groups in total. The molecule has 1 saturated heterocycles. The highest BCUT2D eigenvalue weighted by molar-refractivity contribution is 7.99. The first-order valence-electron chi connectivity index (χ1n) is 8.34. The van der Waals surface area contributed by atoms with E-state index in [0.717, 1.165) is 24.3 Å². The summed E-state index contributed by atoms with van der Waals surface area (Å²) in [6, 6.07) is 12.4. The van der Waals surface area contributed by atoms with E-state index in [-0.39, 0.29) is 11.3 Å². The summed E-state index contributed by atoms with van der Waals surface area (Å²) in [5.74, 6) is 1.18. The number of carbonyl (C=O) groups is 1. The average Bonchev–Trinajstić information content (AvgIpc) is 3.26. The molecule has 1 aromatic carbocycles. The standard InChI is InChI=1S/C19H23NOS2/c1-2-3-4-6-15-8-10-16(11-9-15)18(21)20-12-14-23-19(20)17-7-5-13-22-17/h5,7-11,13,19H,2-4,6,12,14H2,1H3/t19-/m0/s1. The lowest BCUT2D eigenvalue weighted by molar-refractivity contribution is 0.0762. The van der Waals surface area contributed by atoms with Crippen molar-refractivity contribution in [1.82, 2.24) is 4.90 Å². The van der Waals surface area contributed by atoms with Gasteiger partial charge in [0.25, 0.3) is 5.91 Å². The minimum absolute atomic E-state index is 0.161. The monoisotopic (exact) mass is 345 g/mol. The van der Waals surface area contributed by atoms with E-state index in [1.54, 1.807) is 11.3 Å². The zero-order valence-electron chi connectivity index (χ0n) is 13.5. The molecule has 1 atom stereocenters. The molecule has 0 radical (unpaired) electrons. The minimum Gasteiger partial charge on any atom is -0.321 e. The van der Waals surface area contributed by atoms with Gasteiger partial charge in [0.1, 0.15) is 5.37 Å². The number of aryl methyl sites for hydroxylation is 1. The molecule has 122 valence electrons. The highest BCUT2D eigenvalue weighted by Gasteiger charge is 2.31. The summed E-state index contributed by atoms with van der Waals surface area (Å²) >= 11 is 3.60. The van der Waals surface area contributed by atoms with Gasteiger partial charge >= 0.3 is 0 Å². The Labute approximate surface area is 146 Å². The zero-order valence-corrected chi connectivity index (χ0v) is 15.2. The third-order valence-corrected chi connectivity index (χ3v) is 6.52. The molecule has 0 bridgehead atoms. The number of rotatable bonds is 6. The molecule has 4 heteroatoms. The number of thiophene rings is 1. The molecule has 2 nitrogen and oxygen atoms in total. The summed E-state index contributed by atoms with van der Waals surface area (Å²) in [6.07, 6.45) is 4.86. The molecule has 23 heavy (non-hydrogen) atoms. The number of hydrogen-bond donors (Lipinski definition) is 0. The Kier molecular flexibility index (Phi) is 5.79. The van der Waals surface area contributed by atoms with E-state index in [4.69, 9.17) is 0 Å². The van der Waals surface area contributed by atoms with Crippen LogP contribution in [0.5, 0.6) is 0 Å². The minimum atomic E-state index is 0.161. The van der Waals surface area contributed by atoms with Crippen LogP contribution in [0.1, 0.15) is 52.4 Å². The number of carbonyl (C=O) groups excluding carboxylic acids is 1. The largest absolute Gasteiger partial charge is 0.321 e. The zero-order chi connectivity index (χ0) is 16.1. The molecule has 1 aromatic heterocycles. The molecular formula is C19H23NOS2. The number of benzene rings is 1. The smallest absolute Gasteiger partial charge is 0.255 e. The Morgan fingerprint density at radius 2 is 2.04 bits per heavy atom. The SMILES string of the molecule is CCCCCc1ccc(C(=O)N2CCS[C@H]2c2cccs2)cc1. The summed E-state index contributed by atoms with van der Waals surface area (Å²) in [6.45, 7) is 3.06. The maximum atomic E-state index is 12.8. The summed E-state index contributed by atoms with van der Waals surface area (Å²) in [7, 11) is 0. The first kappa shape index (κ1) is 16.6. The summed E-state index contributed by atoms with van der Waals surface area (Å²) in [5.41, 5.74) is 2.15. The van der Waals surface area contributed by atoms with Gasteiger partial charge in [-0.05, 0) is 42.0 Å². The van der Waals surface area contributed by atoms with Crippen molar-refractivity contribution in [3.8, 4) is 0 Å². The molecule has 1 amide bonds. The predicted octanol–water partition coefficient (Wildman–Crippen LogP) is 5.37. The summed E-state index contributed by atoms with van der Waals surface area (Å²) < 4.78 is 0. The van der Waals surface area contributed by atoms with E-state index in [2.05, 4.69) is 36.6 Å². The van der Waals surface area contributed by atoms with Gasteiger partial charge in [-0.25, -0.2) is 0 Å². The molecule has 0 spiro atoms. The van der Waals surface area contributed by atoms with Crippen molar-refractivity contribution in [1.29, 1.82) is 0 Å². The van der Waals surface area contributed by atoms with E-state index < -0.39 is 0 Å². The van der Waals surface area contributed by atoms with Crippen LogP contribution >= 0.6 is 23.1 Å². The van der Waals surface area contributed by atoms with Crippen LogP contribution in [-0.4, -0.2) is 23.1 Å². The third kappa shape index (κ3) is 3.99. The van der Waals surface area contributed by atoms with Crippen molar-refractivity contribution in [2.75, 3.05) is 12.3 Å². The fourth-order valence-corrected chi connectivity index (χ4v) is 5.14. The van der Waals surface area contributed by atoms with Gasteiger partial charge in [0.05, 0.1) is 0 Å². The predicted molar refractivity (Wildman–Crippen MR) is 100 cm³/mol. The van der Waals surface area contributed by atoms with Gasteiger partial charge in [0, 0.05) is 22.7 Å². The Bertz CT molecular complexity index is 621.